The SMILES string of the molecule is CCNC(=O)NC(C)NC. The van der Waals surface area contributed by atoms with Gasteiger partial charge in [-0.25, -0.2) is 4.79 Å². The summed E-state index contributed by atoms with van der Waals surface area (Å²) in [6.07, 6.45) is 0.0200. The second-order valence-electron chi connectivity index (χ2n) is 2.01. The summed E-state index contributed by atoms with van der Waals surface area (Å²) in [4.78, 5) is 10.8. The first-order valence-corrected chi connectivity index (χ1v) is 3.42. The Bertz CT molecular complexity index is 105. The number of hydrogen-bond donors (Lipinski definition) is 3. The molecule has 4 heteroatoms. The predicted octanol–water partition coefficient (Wildman–Crippen LogP) is -0.129. The third-order valence-electron chi connectivity index (χ3n) is 1.12. The summed E-state index contributed by atoms with van der Waals surface area (Å²) in [5.41, 5.74) is 0. The Morgan fingerprint density at radius 3 is 2.60 bits per heavy atom. The number of amides is 2. The average Bonchev–Trinajstić information content (AvgIpc) is 1.88. The van der Waals surface area contributed by atoms with Crippen LogP contribution in [0.2, 0.25) is 0 Å². The molecule has 0 fully saturated rings. The average molecular weight is 145 g/mol. The summed E-state index contributed by atoms with van der Waals surface area (Å²) in [7, 11) is 1.79. The third-order valence-corrected chi connectivity index (χ3v) is 1.12. The van der Waals surface area contributed by atoms with E-state index in [9.17, 15) is 4.79 Å². The lowest BCUT2D eigenvalue weighted by Gasteiger charge is -2.12. The van der Waals surface area contributed by atoms with Crippen molar-refractivity contribution in [2.24, 2.45) is 0 Å². The van der Waals surface area contributed by atoms with Crippen molar-refractivity contribution in [2.75, 3.05) is 13.6 Å². The van der Waals surface area contributed by atoms with Crippen molar-refractivity contribution in [2.45, 2.75) is 20.0 Å². The van der Waals surface area contributed by atoms with E-state index in [0.717, 1.165) is 0 Å². The van der Waals surface area contributed by atoms with Crippen LogP contribution in [0.1, 0.15) is 13.8 Å². The number of rotatable bonds is 3. The van der Waals surface area contributed by atoms with E-state index >= 15 is 0 Å². The Labute approximate surface area is 61.4 Å². The topological polar surface area (TPSA) is 53.2 Å². The van der Waals surface area contributed by atoms with E-state index in [4.69, 9.17) is 0 Å². The fraction of sp³-hybridized carbons (Fsp3) is 0.833. The normalized spacial score (nSPS) is 12.3. The summed E-state index contributed by atoms with van der Waals surface area (Å²) in [6, 6.07) is -0.135. The lowest BCUT2D eigenvalue weighted by atomic mass is 10.5. The van der Waals surface area contributed by atoms with Gasteiger partial charge in [0, 0.05) is 6.54 Å². The van der Waals surface area contributed by atoms with Gasteiger partial charge in [-0.05, 0) is 20.9 Å². The van der Waals surface area contributed by atoms with Crippen LogP contribution in [0.4, 0.5) is 4.79 Å². The van der Waals surface area contributed by atoms with Crippen LogP contribution in [-0.2, 0) is 0 Å². The molecule has 0 aliphatic rings. The summed E-state index contributed by atoms with van der Waals surface area (Å²) in [5.74, 6) is 0. The standard InChI is InChI=1S/C6H15N3O/c1-4-8-6(10)9-5(2)7-3/h5,7H,4H2,1-3H3,(H2,8,9,10). The first-order valence-electron chi connectivity index (χ1n) is 3.42. The molecule has 0 rings (SSSR count). The van der Waals surface area contributed by atoms with Gasteiger partial charge in [0.05, 0.1) is 6.17 Å². The van der Waals surface area contributed by atoms with E-state index in [2.05, 4.69) is 16.0 Å². The third kappa shape index (κ3) is 4.14. The molecule has 0 saturated heterocycles. The zero-order valence-corrected chi connectivity index (χ0v) is 6.69. The molecule has 60 valence electrons. The van der Waals surface area contributed by atoms with Gasteiger partial charge in [0.2, 0.25) is 0 Å². The molecular weight excluding hydrogens is 130 g/mol. The monoisotopic (exact) mass is 145 g/mol. The molecule has 0 bridgehead atoms. The maximum atomic E-state index is 10.8. The van der Waals surface area contributed by atoms with Crippen molar-refractivity contribution < 1.29 is 4.79 Å². The Hall–Kier alpha value is -0.770. The molecule has 0 aliphatic carbocycles. The minimum Gasteiger partial charge on any atom is -0.338 e. The highest BCUT2D eigenvalue weighted by Gasteiger charge is 2.00. The molecule has 3 N–H and O–H groups in total. The number of nitrogens with one attached hydrogen (secondary N) is 3. The van der Waals surface area contributed by atoms with Crippen LogP contribution in [0.5, 0.6) is 0 Å². The summed E-state index contributed by atoms with van der Waals surface area (Å²) < 4.78 is 0. The van der Waals surface area contributed by atoms with Crippen molar-refractivity contribution in [3.05, 3.63) is 0 Å². The van der Waals surface area contributed by atoms with E-state index in [-0.39, 0.29) is 12.2 Å². The van der Waals surface area contributed by atoms with Gasteiger partial charge in [0.1, 0.15) is 0 Å². The zero-order chi connectivity index (χ0) is 7.98. The van der Waals surface area contributed by atoms with Crippen LogP contribution < -0.4 is 16.0 Å². The van der Waals surface area contributed by atoms with E-state index in [1.807, 2.05) is 13.8 Å². The Balaban J connectivity index is 3.37. The van der Waals surface area contributed by atoms with E-state index in [1.54, 1.807) is 7.05 Å². The fourth-order valence-corrected chi connectivity index (χ4v) is 0.480. The quantitative estimate of drug-likeness (QED) is 0.485. The molecule has 0 aliphatic heterocycles. The van der Waals surface area contributed by atoms with Gasteiger partial charge in [-0.1, -0.05) is 0 Å². The van der Waals surface area contributed by atoms with Crippen molar-refractivity contribution in [1.29, 1.82) is 0 Å². The van der Waals surface area contributed by atoms with Crippen LogP contribution in [-0.4, -0.2) is 25.8 Å². The van der Waals surface area contributed by atoms with Gasteiger partial charge < -0.3 is 16.0 Å². The van der Waals surface area contributed by atoms with Crippen molar-refractivity contribution in [1.82, 2.24) is 16.0 Å². The van der Waals surface area contributed by atoms with E-state index in [0.29, 0.717) is 6.54 Å². The molecule has 0 aromatic rings. The second-order valence-corrected chi connectivity index (χ2v) is 2.01. The van der Waals surface area contributed by atoms with Crippen LogP contribution in [0.15, 0.2) is 0 Å². The highest BCUT2D eigenvalue weighted by molar-refractivity contribution is 5.73. The molecule has 1 atom stereocenters. The fourth-order valence-electron chi connectivity index (χ4n) is 0.480. The van der Waals surface area contributed by atoms with Crippen LogP contribution >= 0.6 is 0 Å². The number of carbonyl (C=O) groups is 1. The maximum Gasteiger partial charge on any atom is 0.315 e. The molecule has 0 radical (unpaired) electrons. The van der Waals surface area contributed by atoms with Gasteiger partial charge >= 0.3 is 6.03 Å². The molecule has 2 amide bonds. The van der Waals surface area contributed by atoms with Gasteiger partial charge in [0.25, 0.3) is 0 Å². The summed E-state index contributed by atoms with van der Waals surface area (Å²) >= 11 is 0. The molecule has 4 nitrogen and oxygen atoms in total. The zero-order valence-electron chi connectivity index (χ0n) is 6.69. The summed E-state index contributed by atoms with van der Waals surface area (Å²) in [5, 5.41) is 8.17. The lowest BCUT2D eigenvalue weighted by molar-refractivity contribution is 0.237. The van der Waals surface area contributed by atoms with Crippen LogP contribution in [0.25, 0.3) is 0 Å². The largest absolute Gasteiger partial charge is 0.338 e. The Morgan fingerprint density at radius 2 is 2.20 bits per heavy atom. The smallest absolute Gasteiger partial charge is 0.315 e. The van der Waals surface area contributed by atoms with Crippen LogP contribution in [0.3, 0.4) is 0 Å². The van der Waals surface area contributed by atoms with Gasteiger partial charge in [0.15, 0.2) is 0 Å². The van der Waals surface area contributed by atoms with Crippen LogP contribution in [0, 0.1) is 0 Å². The minimum atomic E-state index is -0.135. The van der Waals surface area contributed by atoms with Crippen molar-refractivity contribution in [3.8, 4) is 0 Å². The molecular formula is C6H15N3O. The highest BCUT2D eigenvalue weighted by Crippen LogP contribution is 1.71. The van der Waals surface area contributed by atoms with Crippen molar-refractivity contribution >= 4 is 6.03 Å². The number of hydrogen-bond acceptors (Lipinski definition) is 2. The van der Waals surface area contributed by atoms with E-state index in [1.165, 1.54) is 0 Å². The molecule has 0 aromatic heterocycles. The Kier molecular flexibility index (Phi) is 4.66. The lowest BCUT2D eigenvalue weighted by Crippen LogP contribution is -2.46. The number of urea groups is 1. The molecule has 0 spiro atoms. The molecule has 10 heavy (non-hydrogen) atoms. The van der Waals surface area contributed by atoms with Gasteiger partial charge in [-0.15, -0.1) is 0 Å². The highest BCUT2D eigenvalue weighted by atomic mass is 16.2. The molecule has 0 aromatic carbocycles. The molecule has 1 unspecified atom stereocenters. The maximum absolute atomic E-state index is 10.8. The van der Waals surface area contributed by atoms with E-state index < -0.39 is 0 Å². The van der Waals surface area contributed by atoms with Gasteiger partial charge in [-0.2, -0.15) is 0 Å². The second kappa shape index (κ2) is 5.05. The summed E-state index contributed by atoms with van der Waals surface area (Å²) in [6.45, 7) is 4.40. The first-order chi connectivity index (χ1) is 4.70. The van der Waals surface area contributed by atoms with Gasteiger partial charge in [-0.3, -0.25) is 0 Å². The minimum absolute atomic E-state index is 0.0200. The van der Waals surface area contributed by atoms with Crippen molar-refractivity contribution in [3.63, 3.8) is 0 Å². The first kappa shape index (κ1) is 9.23. The predicted molar refractivity (Wildman–Crippen MR) is 40.7 cm³/mol. The number of carbonyl (C=O) groups excluding carboxylic acids is 1. The Morgan fingerprint density at radius 1 is 1.60 bits per heavy atom. The molecule has 0 saturated carbocycles. The molecule has 0 heterocycles.